The molecule has 170 valence electrons. The molecule has 1 aliphatic heterocycles. The van der Waals surface area contributed by atoms with Crippen molar-refractivity contribution in [2.75, 3.05) is 18.0 Å². The summed E-state index contributed by atoms with van der Waals surface area (Å²) in [7, 11) is 0. The Bertz CT molecular complexity index is 1070. The van der Waals surface area contributed by atoms with E-state index < -0.39 is 25.3 Å². The van der Waals surface area contributed by atoms with Gasteiger partial charge in [-0.15, -0.1) is 0 Å². The fourth-order valence-electron chi connectivity index (χ4n) is 4.33. The van der Waals surface area contributed by atoms with Gasteiger partial charge in [0, 0.05) is 30.7 Å². The number of morpholine rings is 1. The topological polar surface area (TPSA) is 65.3 Å². The van der Waals surface area contributed by atoms with Crippen LogP contribution in [0.1, 0.15) is 31.7 Å². The van der Waals surface area contributed by atoms with E-state index in [1.54, 1.807) is 24.7 Å². The maximum atomic E-state index is 13.8. The van der Waals surface area contributed by atoms with E-state index in [1.165, 1.54) is 12.3 Å². The first-order chi connectivity index (χ1) is 15.3. The van der Waals surface area contributed by atoms with Crippen molar-refractivity contribution in [1.29, 1.82) is 0 Å². The van der Waals surface area contributed by atoms with E-state index in [4.69, 9.17) is 4.74 Å². The van der Waals surface area contributed by atoms with Crippen LogP contribution < -0.4 is 9.64 Å². The zero-order valence-corrected chi connectivity index (χ0v) is 17.0. The average Bonchev–Trinajstić information content (AvgIpc) is 3.27. The highest BCUT2D eigenvalue weighted by Crippen LogP contribution is 2.38. The molecule has 0 aromatic carbocycles. The Morgan fingerprint density at radius 2 is 1.78 bits per heavy atom. The van der Waals surface area contributed by atoms with Crippen LogP contribution in [0, 0.1) is 0 Å². The molecule has 3 aromatic rings. The van der Waals surface area contributed by atoms with E-state index in [1.807, 2.05) is 6.20 Å². The quantitative estimate of drug-likeness (QED) is 0.548. The molecule has 32 heavy (non-hydrogen) atoms. The normalized spacial score (nSPS) is 25.1. The summed E-state index contributed by atoms with van der Waals surface area (Å²) in [5.41, 5.74) is 0.428. The maximum Gasteiger partial charge on any atom is 0.377 e. The van der Waals surface area contributed by atoms with E-state index >= 15 is 0 Å². The Labute approximate surface area is 181 Å². The van der Waals surface area contributed by atoms with Gasteiger partial charge in [0.2, 0.25) is 5.88 Å². The number of nitrogens with zero attached hydrogens (tertiary/aromatic N) is 5. The minimum absolute atomic E-state index is 0.0547. The van der Waals surface area contributed by atoms with Gasteiger partial charge >= 0.3 is 12.2 Å². The molecule has 1 aliphatic carbocycles. The van der Waals surface area contributed by atoms with Crippen LogP contribution in [0.3, 0.4) is 0 Å². The Hall–Kier alpha value is -2.95. The largest absolute Gasteiger partial charge is 0.474 e. The Kier molecular flexibility index (Phi) is 5.15. The molecule has 4 heterocycles. The summed E-state index contributed by atoms with van der Waals surface area (Å²) in [4.78, 5) is 13.5. The molecule has 11 heteroatoms. The molecule has 5 rings (SSSR count). The van der Waals surface area contributed by atoms with Gasteiger partial charge in [0.15, 0.2) is 0 Å². The maximum absolute atomic E-state index is 13.8. The first-order valence-electron chi connectivity index (χ1n) is 10.4. The van der Waals surface area contributed by atoms with Crippen molar-refractivity contribution >= 4 is 16.7 Å². The van der Waals surface area contributed by atoms with Gasteiger partial charge in [0.05, 0.1) is 17.2 Å². The lowest BCUT2D eigenvalue weighted by molar-refractivity contribution is -0.380. The number of imidazole rings is 1. The summed E-state index contributed by atoms with van der Waals surface area (Å²) in [5.74, 6) is 0.149. The highest BCUT2D eigenvalue weighted by Gasteiger charge is 2.52. The molecule has 0 amide bonds. The van der Waals surface area contributed by atoms with E-state index in [0.29, 0.717) is 16.9 Å². The number of halogens is 4. The summed E-state index contributed by atoms with van der Waals surface area (Å²) in [5, 5.41) is 0.597. The molecular weight excluding hydrogens is 430 g/mol. The number of hydrogen-bond donors (Lipinski definition) is 0. The van der Waals surface area contributed by atoms with Gasteiger partial charge < -0.3 is 14.2 Å². The molecule has 0 N–H and O–H groups in total. The van der Waals surface area contributed by atoms with Gasteiger partial charge in [-0.2, -0.15) is 22.5 Å². The zero-order chi connectivity index (χ0) is 22.3. The van der Waals surface area contributed by atoms with Crippen molar-refractivity contribution in [3.05, 3.63) is 43.1 Å². The summed E-state index contributed by atoms with van der Waals surface area (Å²) < 4.78 is 66.8. The van der Waals surface area contributed by atoms with Gasteiger partial charge in [-0.1, -0.05) is 0 Å². The molecule has 1 saturated carbocycles. The molecule has 0 atom stereocenters. The third kappa shape index (κ3) is 4.34. The second kappa shape index (κ2) is 7.88. The molecule has 0 radical (unpaired) electrons. The lowest BCUT2D eigenvalue weighted by Gasteiger charge is -2.37. The summed E-state index contributed by atoms with van der Waals surface area (Å²) in [6, 6.07) is 5.22. The second-order valence-electron chi connectivity index (χ2n) is 8.15. The van der Waals surface area contributed by atoms with Crippen molar-refractivity contribution in [1.82, 2.24) is 19.5 Å². The van der Waals surface area contributed by atoms with Crippen LogP contribution in [0.15, 0.2) is 43.1 Å². The van der Waals surface area contributed by atoms with Crippen LogP contribution in [-0.4, -0.2) is 50.9 Å². The number of pyridine rings is 2. The van der Waals surface area contributed by atoms with Gasteiger partial charge in [-0.25, -0.2) is 4.98 Å². The van der Waals surface area contributed by atoms with Gasteiger partial charge in [0.1, 0.15) is 25.0 Å². The fourth-order valence-corrected chi connectivity index (χ4v) is 4.33. The van der Waals surface area contributed by atoms with Crippen molar-refractivity contribution in [2.24, 2.45) is 0 Å². The summed E-state index contributed by atoms with van der Waals surface area (Å²) in [6.45, 7) is -2.08. The summed E-state index contributed by atoms with van der Waals surface area (Å²) >= 11 is 0. The Morgan fingerprint density at radius 1 is 1.03 bits per heavy atom. The average molecular weight is 451 g/mol. The Morgan fingerprint density at radius 3 is 2.47 bits per heavy atom. The molecule has 0 spiro atoms. The fraction of sp³-hybridized carbons (Fsp3) is 0.476. The molecule has 2 fully saturated rings. The van der Waals surface area contributed by atoms with Gasteiger partial charge in [-0.05, 0) is 37.8 Å². The predicted molar refractivity (Wildman–Crippen MR) is 107 cm³/mol. The second-order valence-corrected chi connectivity index (χ2v) is 8.15. The highest BCUT2D eigenvalue weighted by atomic mass is 19.3. The lowest BCUT2D eigenvalue weighted by atomic mass is 9.93. The van der Waals surface area contributed by atoms with Gasteiger partial charge in [0.25, 0.3) is 0 Å². The smallest absolute Gasteiger partial charge is 0.377 e. The van der Waals surface area contributed by atoms with Crippen molar-refractivity contribution in [3.8, 4) is 5.88 Å². The molecular formula is C21H21F4N5O2. The van der Waals surface area contributed by atoms with Crippen molar-refractivity contribution in [2.45, 2.75) is 50.0 Å². The third-order valence-corrected chi connectivity index (χ3v) is 5.79. The van der Waals surface area contributed by atoms with E-state index in [2.05, 4.69) is 24.3 Å². The van der Waals surface area contributed by atoms with Crippen LogP contribution >= 0.6 is 0 Å². The first-order valence-corrected chi connectivity index (χ1v) is 10.4. The zero-order valence-electron chi connectivity index (χ0n) is 17.0. The van der Waals surface area contributed by atoms with Crippen LogP contribution in [0.25, 0.3) is 10.9 Å². The number of anilines is 1. The van der Waals surface area contributed by atoms with Gasteiger partial charge in [-0.3, -0.25) is 9.72 Å². The number of aromatic nitrogens is 4. The van der Waals surface area contributed by atoms with E-state index in [0.717, 1.165) is 30.6 Å². The van der Waals surface area contributed by atoms with Crippen LogP contribution in [-0.2, 0) is 4.74 Å². The number of rotatable bonds is 4. The monoisotopic (exact) mass is 451 g/mol. The third-order valence-electron chi connectivity index (χ3n) is 5.79. The molecule has 3 aromatic heterocycles. The van der Waals surface area contributed by atoms with E-state index in [-0.39, 0.29) is 17.8 Å². The lowest BCUT2D eigenvalue weighted by Crippen LogP contribution is -2.55. The van der Waals surface area contributed by atoms with Crippen LogP contribution in [0.4, 0.5) is 23.4 Å². The number of ether oxygens (including phenoxy) is 2. The molecule has 0 unspecified atom stereocenters. The summed E-state index contributed by atoms with van der Waals surface area (Å²) in [6.07, 6.45) is 2.18. The number of alkyl halides is 4. The van der Waals surface area contributed by atoms with Crippen molar-refractivity contribution < 1.29 is 27.0 Å². The molecule has 0 bridgehead atoms. The minimum Gasteiger partial charge on any atom is -0.474 e. The molecule has 1 saturated heterocycles. The number of hydrogen-bond acceptors (Lipinski definition) is 6. The van der Waals surface area contributed by atoms with Crippen LogP contribution in [0.5, 0.6) is 5.88 Å². The minimum atomic E-state index is -4.00. The van der Waals surface area contributed by atoms with Crippen LogP contribution in [0.2, 0.25) is 0 Å². The first kappa shape index (κ1) is 20.9. The standard InChI is InChI=1S/C21H21F4N5O2/c22-20(23)11-30(12-21(24,25)32-20)18-10-17-16(2-1-7-27-17)19(28-18)31-15-5-3-14(4-6-15)29-9-8-26-13-29/h1-2,7-10,13-15H,3-6,11-12H2/t14-,15+. The Balaban J connectivity index is 1.39. The van der Waals surface area contributed by atoms with E-state index in [9.17, 15) is 17.6 Å². The number of fused-ring (bicyclic) bond motifs is 1. The predicted octanol–water partition coefficient (Wildman–Crippen LogP) is 4.41. The highest BCUT2D eigenvalue weighted by molar-refractivity contribution is 5.85. The van der Waals surface area contributed by atoms with Crippen molar-refractivity contribution in [3.63, 3.8) is 0 Å². The molecule has 7 nitrogen and oxygen atoms in total. The SMILES string of the molecule is FC1(F)CN(c2cc3ncccc3c(O[C@H]3CC[C@@H](n4ccnc4)CC3)n2)CC(F)(F)O1. The molecule has 2 aliphatic rings.